The zero-order valence-electron chi connectivity index (χ0n) is 35.1. The zero-order chi connectivity index (χ0) is 44.8. The Morgan fingerprint density at radius 3 is 2.35 bits per heavy atom. The van der Waals surface area contributed by atoms with Gasteiger partial charge in [0.05, 0.1) is 11.7 Å². The molecule has 3 aliphatic heterocycles. The predicted octanol–water partition coefficient (Wildman–Crippen LogP) is 4.24. The van der Waals surface area contributed by atoms with Gasteiger partial charge in [-0.3, -0.25) is 29.4 Å². The number of nitrogens with one attached hydrogen (secondary N) is 3. The van der Waals surface area contributed by atoms with Gasteiger partial charge in [-0.2, -0.15) is 17.9 Å². The molecule has 0 spiro atoms. The summed E-state index contributed by atoms with van der Waals surface area (Å²) in [6.45, 7) is 6.55. The Hall–Kier alpha value is -7.03. The molecule has 4 aliphatic rings. The summed E-state index contributed by atoms with van der Waals surface area (Å²) in [6.07, 6.45) is 2.09. The molecule has 4 aromatic heterocycles. The number of rotatable bonds is 10. The average molecular weight is 891 g/mol. The number of aromatic nitrogens is 8. The third-order valence-electron chi connectivity index (χ3n) is 13.0. The third-order valence-corrected chi connectivity index (χ3v) is 13.0. The molecule has 1 atom stereocenters. The van der Waals surface area contributed by atoms with Crippen LogP contribution in [-0.4, -0.2) is 114 Å². The quantitative estimate of drug-likeness (QED) is 0.165. The highest BCUT2D eigenvalue weighted by Crippen LogP contribution is 2.36. The van der Waals surface area contributed by atoms with Crippen molar-refractivity contribution >= 4 is 62.7 Å². The van der Waals surface area contributed by atoms with E-state index in [1.807, 2.05) is 28.8 Å². The van der Waals surface area contributed by atoms with E-state index in [2.05, 4.69) is 73.0 Å². The molecular weight excluding hydrogens is 846 g/mol. The lowest BCUT2D eigenvalue weighted by atomic mass is 9.86. The number of nitrogens with zero attached hydrogens (tertiary/aromatic N) is 11. The maximum Gasteiger partial charge on any atom is 0.433 e. The van der Waals surface area contributed by atoms with Crippen molar-refractivity contribution in [1.29, 1.82) is 0 Å². The van der Waals surface area contributed by atoms with Gasteiger partial charge >= 0.3 is 6.18 Å². The highest BCUT2D eigenvalue weighted by Gasteiger charge is 2.36. The summed E-state index contributed by atoms with van der Waals surface area (Å²) in [6, 6.07) is 16.0. The lowest BCUT2D eigenvalue weighted by molar-refractivity contribution is -0.141. The zero-order valence-corrected chi connectivity index (χ0v) is 35.1. The summed E-state index contributed by atoms with van der Waals surface area (Å²) >= 11 is 0. The fourth-order valence-corrected chi connectivity index (χ4v) is 9.30. The van der Waals surface area contributed by atoms with Gasteiger partial charge in [0.2, 0.25) is 5.91 Å². The first-order chi connectivity index (χ1) is 31.4. The number of amides is 3. The third kappa shape index (κ3) is 8.66. The number of benzene rings is 2. The van der Waals surface area contributed by atoms with Crippen molar-refractivity contribution in [3.05, 3.63) is 95.1 Å². The molecule has 7 heterocycles. The summed E-state index contributed by atoms with van der Waals surface area (Å²) in [5.74, 6) is -0.411. The highest BCUT2D eigenvalue weighted by molar-refractivity contribution is 5.99. The maximum atomic E-state index is 13.4. The second-order valence-electron chi connectivity index (χ2n) is 17.1. The Bertz CT molecular complexity index is 2830. The van der Waals surface area contributed by atoms with E-state index in [1.54, 1.807) is 12.4 Å². The minimum absolute atomic E-state index is 0.00565. The lowest BCUT2D eigenvalue weighted by Crippen LogP contribution is -2.49. The molecule has 336 valence electrons. The molecule has 0 bridgehead atoms. The van der Waals surface area contributed by atoms with Crippen LogP contribution < -0.4 is 31.3 Å². The minimum Gasteiger partial charge on any atom is -0.371 e. The topological polar surface area (TPSA) is 201 Å². The molecule has 0 radical (unpaired) electrons. The number of piperidine rings is 2. The van der Waals surface area contributed by atoms with Crippen molar-refractivity contribution in [2.75, 3.05) is 60.9 Å². The summed E-state index contributed by atoms with van der Waals surface area (Å²) in [4.78, 5) is 74.4. The number of alkyl halides is 3. The lowest BCUT2D eigenvalue weighted by Gasteiger charge is -2.40. The highest BCUT2D eigenvalue weighted by atomic mass is 19.4. The van der Waals surface area contributed by atoms with E-state index in [0.717, 1.165) is 86.5 Å². The summed E-state index contributed by atoms with van der Waals surface area (Å²) in [7, 11) is 0. The molecule has 1 aliphatic carbocycles. The van der Waals surface area contributed by atoms with E-state index >= 15 is 0 Å². The number of carbonyl (C=O) groups is 3. The van der Waals surface area contributed by atoms with Gasteiger partial charge < -0.3 is 25.0 Å². The molecule has 3 N–H and O–H groups in total. The number of pyridine rings is 1. The number of carbonyl (C=O) groups excluding carboxylic acids is 3. The van der Waals surface area contributed by atoms with Crippen LogP contribution in [0.3, 0.4) is 0 Å². The molecule has 3 saturated heterocycles. The Labute approximate surface area is 369 Å². The number of fused-ring (bicyclic) bond motifs is 2. The summed E-state index contributed by atoms with van der Waals surface area (Å²) in [5.41, 5.74) is 2.86. The molecule has 10 rings (SSSR count). The van der Waals surface area contributed by atoms with E-state index in [-0.39, 0.29) is 36.5 Å². The molecule has 1 unspecified atom stereocenters. The smallest absolute Gasteiger partial charge is 0.371 e. The first-order valence-electron chi connectivity index (χ1n) is 21.8. The van der Waals surface area contributed by atoms with E-state index in [0.29, 0.717) is 46.6 Å². The van der Waals surface area contributed by atoms with Crippen molar-refractivity contribution in [1.82, 2.24) is 55.0 Å². The number of hydrogen-bond donors (Lipinski definition) is 3. The number of hydrogen-bond acceptors (Lipinski definition) is 14. The van der Waals surface area contributed by atoms with Gasteiger partial charge in [-0.15, -0.1) is 5.10 Å². The van der Waals surface area contributed by atoms with Crippen LogP contribution in [0.5, 0.6) is 0 Å². The number of halogens is 3. The monoisotopic (exact) mass is 890 g/mol. The molecule has 3 amide bonds. The van der Waals surface area contributed by atoms with Crippen LogP contribution in [0.4, 0.5) is 36.1 Å². The van der Waals surface area contributed by atoms with E-state index in [9.17, 15) is 32.3 Å². The molecule has 6 aromatic rings. The fourth-order valence-electron chi connectivity index (χ4n) is 9.30. The van der Waals surface area contributed by atoms with E-state index < -0.39 is 35.3 Å². The standard InChI is InChI=1S/C44H45F3N14O4/c45-44(46,47)36-3-1-2-34(53-36)41(63)52-28-20-31(21-28)60-25-50-38-39(48-24-49-40(38)60)51-27-4-6-29(7-5-27)59-18-16-57(17-19-59)23-26-12-14-58(15-13-26)30-8-9-33-32(22-30)43(65)61(56-55-33)35-10-11-37(62)54-42(35)64/h1-9,22,24-26,28,31,35H,10-21,23H2,(H,52,63)(H,48,49,51)(H,54,62,64). The van der Waals surface area contributed by atoms with Gasteiger partial charge in [0, 0.05) is 81.4 Å². The Balaban J connectivity index is 0.686. The fraction of sp³-hybridized carbons (Fsp3) is 0.409. The first kappa shape index (κ1) is 42.0. The van der Waals surface area contributed by atoms with Crippen LogP contribution in [0, 0.1) is 5.92 Å². The maximum absolute atomic E-state index is 13.4. The molecule has 18 nitrogen and oxygen atoms in total. The Morgan fingerprint density at radius 2 is 1.60 bits per heavy atom. The summed E-state index contributed by atoms with van der Waals surface area (Å²) < 4.78 is 42.3. The van der Waals surface area contributed by atoms with Crippen molar-refractivity contribution < 1.29 is 27.6 Å². The average Bonchev–Trinajstić information content (AvgIpc) is 3.73. The Morgan fingerprint density at radius 1 is 0.846 bits per heavy atom. The van der Waals surface area contributed by atoms with Crippen LogP contribution in [0.15, 0.2) is 78.1 Å². The van der Waals surface area contributed by atoms with Gasteiger partial charge in [0.15, 0.2) is 17.0 Å². The normalized spacial score (nSPS) is 21.1. The van der Waals surface area contributed by atoms with Gasteiger partial charge in [-0.05, 0) is 92.6 Å². The molecule has 4 fully saturated rings. The number of imidazole rings is 1. The first-order valence-corrected chi connectivity index (χ1v) is 21.8. The van der Waals surface area contributed by atoms with Crippen molar-refractivity contribution in [3.63, 3.8) is 0 Å². The van der Waals surface area contributed by atoms with Crippen molar-refractivity contribution in [2.45, 2.75) is 62.8 Å². The largest absolute Gasteiger partial charge is 0.433 e. The Kier molecular flexibility index (Phi) is 11.1. The second kappa shape index (κ2) is 17.2. The van der Waals surface area contributed by atoms with Gasteiger partial charge in [0.1, 0.15) is 29.3 Å². The number of piperazine rings is 1. The van der Waals surface area contributed by atoms with Crippen LogP contribution in [-0.2, 0) is 15.8 Å². The molecule has 65 heavy (non-hydrogen) atoms. The molecule has 2 aromatic carbocycles. The van der Waals surface area contributed by atoms with Gasteiger partial charge in [0.25, 0.3) is 17.4 Å². The second-order valence-corrected chi connectivity index (χ2v) is 17.1. The molecular formula is C44H45F3N14O4. The van der Waals surface area contributed by atoms with Crippen molar-refractivity contribution in [3.8, 4) is 0 Å². The minimum atomic E-state index is -4.63. The van der Waals surface area contributed by atoms with E-state index in [1.165, 1.54) is 18.5 Å². The number of imide groups is 1. The summed E-state index contributed by atoms with van der Waals surface area (Å²) in [5, 5.41) is 17.1. The van der Waals surface area contributed by atoms with Crippen LogP contribution in [0.2, 0.25) is 0 Å². The van der Waals surface area contributed by atoms with Gasteiger partial charge in [-0.25, -0.2) is 19.9 Å². The van der Waals surface area contributed by atoms with Gasteiger partial charge in [-0.1, -0.05) is 11.3 Å². The molecule has 21 heteroatoms. The van der Waals surface area contributed by atoms with Crippen molar-refractivity contribution in [2.24, 2.45) is 5.92 Å². The van der Waals surface area contributed by atoms with Crippen LogP contribution >= 0.6 is 0 Å². The molecule has 1 saturated carbocycles. The SMILES string of the molecule is O=C1CCC(n2nnc3ccc(N4CCC(CN5CCN(c6ccc(Nc7ncnc8c7ncn8C7CC(NC(=O)c8cccc(C(F)(F)F)n8)C7)cc6)CC5)CC4)cc3c2=O)C(=O)N1. The van der Waals surface area contributed by atoms with Crippen LogP contribution in [0.25, 0.3) is 22.1 Å². The van der Waals surface area contributed by atoms with E-state index in [4.69, 9.17) is 0 Å². The number of anilines is 4. The van der Waals surface area contributed by atoms with Crippen LogP contribution in [0.1, 0.15) is 66.8 Å². The predicted molar refractivity (Wildman–Crippen MR) is 233 cm³/mol.